The number of aromatic nitrogens is 2. The maximum atomic E-state index is 11.7. The van der Waals surface area contributed by atoms with Crippen LogP contribution in [0.4, 0.5) is 0 Å². The molecule has 2 rings (SSSR count). The number of nitrogens with one attached hydrogen (secondary N) is 1. The first-order valence-electron chi connectivity index (χ1n) is 6.56. The molecule has 1 saturated carbocycles. The van der Waals surface area contributed by atoms with Crippen LogP contribution in [0.5, 0.6) is 0 Å². The number of allylic oxidation sites excluding steroid dienone is 1. The van der Waals surface area contributed by atoms with Crippen molar-refractivity contribution in [3.63, 3.8) is 0 Å². The number of hydrogen-bond acceptors (Lipinski definition) is 5. The highest BCUT2D eigenvalue weighted by Crippen LogP contribution is 2.29. The van der Waals surface area contributed by atoms with Crippen LogP contribution in [-0.2, 0) is 17.8 Å². The van der Waals surface area contributed by atoms with Gasteiger partial charge in [0.15, 0.2) is 0 Å². The Morgan fingerprint density at radius 1 is 1.53 bits per heavy atom. The third-order valence-electron chi connectivity index (χ3n) is 3.19. The third-order valence-corrected chi connectivity index (χ3v) is 4.15. The molecule has 1 aliphatic carbocycles. The molecule has 1 aliphatic rings. The Hall–Kier alpha value is -1.27. The summed E-state index contributed by atoms with van der Waals surface area (Å²) in [6, 6.07) is 0. The Balaban J connectivity index is 1.72. The monoisotopic (exact) mass is 281 g/mol. The fourth-order valence-corrected chi connectivity index (χ4v) is 2.90. The van der Waals surface area contributed by atoms with E-state index in [1.807, 2.05) is 0 Å². The van der Waals surface area contributed by atoms with Crippen molar-refractivity contribution in [1.29, 1.82) is 0 Å². The topological polar surface area (TPSA) is 75.1 Å². The number of carbonyl (C=O) groups is 1. The van der Waals surface area contributed by atoms with E-state index in [1.165, 1.54) is 23.3 Å². The van der Waals surface area contributed by atoms with Gasteiger partial charge in [0.05, 0.1) is 6.61 Å². The molecule has 2 N–H and O–H groups in total. The van der Waals surface area contributed by atoms with Gasteiger partial charge in [-0.3, -0.25) is 4.79 Å². The Morgan fingerprint density at radius 3 is 2.95 bits per heavy atom. The molecule has 1 fully saturated rings. The van der Waals surface area contributed by atoms with E-state index in [2.05, 4.69) is 22.4 Å². The lowest BCUT2D eigenvalue weighted by atomic mass is 10.1. The maximum absolute atomic E-state index is 11.7. The summed E-state index contributed by atoms with van der Waals surface area (Å²) in [5.74, 6) is 0.688. The molecular weight excluding hydrogens is 262 g/mol. The predicted octanol–water partition coefficient (Wildman–Crippen LogP) is 1.44. The number of nitrogens with zero attached hydrogens (tertiary/aromatic N) is 2. The lowest BCUT2D eigenvalue weighted by Crippen LogP contribution is -2.23. The molecule has 1 aromatic rings. The Morgan fingerprint density at radius 2 is 2.32 bits per heavy atom. The third kappa shape index (κ3) is 4.40. The zero-order chi connectivity index (χ0) is 13.7. The summed E-state index contributed by atoms with van der Waals surface area (Å²) in [7, 11) is 0. The molecule has 104 valence electrons. The normalized spacial score (nSPS) is 20.9. The van der Waals surface area contributed by atoms with E-state index < -0.39 is 0 Å². The molecule has 0 bridgehead atoms. The fourth-order valence-electron chi connectivity index (χ4n) is 2.20. The van der Waals surface area contributed by atoms with E-state index >= 15 is 0 Å². The van der Waals surface area contributed by atoms with Crippen molar-refractivity contribution in [1.82, 2.24) is 15.5 Å². The fraction of sp³-hybridized carbons (Fsp3) is 0.615. The average molecular weight is 281 g/mol. The molecule has 5 nitrogen and oxygen atoms in total. The molecular formula is C13H19N3O2S. The highest BCUT2D eigenvalue weighted by molar-refractivity contribution is 7.11. The van der Waals surface area contributed by atoms with Crippen LogP contribution in [0.15, 0.2) is 11.6 Å². The lowest BCUT2D eigenvalue weighted by molar-refractivity contribution is -0.116. The van der Waals surface area contributed by atoms with Crippen LogP contribution >= 0.6 is 11.3 Å². The first kappa shape index (κ1) is 14.1. The first-order valence-corrected chi connectivity index (χ1v) is 7.38. The van der Waals surface area contributed by atoms with Crippen molar-refractivity contribution in [2.75, 3.05) is 6.54 Å². The van der Waals surface area contributed by atoms with Gasteiger partial charge in [0.2, 0.25) is 5.91 Å². The van der Waals surface area contributed by atoms with Crippen molar-refractivity contribution >= 4 is 17.2 Å². The number of amides is 1. The Labute approximate surface area is 116 Å². The van der Waals surface area contributed by atoms with Gasteiger partial charge in [0.25, 0.3) is 0 Å². The van der Waals surface area contributed by atoms with Crippen molar-refractivity contribution in [3.05, 3.63) is 21.7 Å². The molecule has 0 radical (unpaired) electrons. The summed E-state index contributed by atoms with van der Waals surface area (Å²) in [6.45, 7) is 2.69. The van der Waals surface area contributed by atoms with E-state index in [0.29, 0.717) is 23.9 Å². The summed E-state index contributed by atoms with van der Waals surface area (Å²) < 4.78 is 0. The van der Waals surface area contributed by atoms with Gasteiger partial charge in [-0.2, -0.15) is 0 Å². The van der Waals surface area contributed by atoms with Gasteiger partial charge in [-0.25, -0.2) is 0 Å². The van der Waals surface area contributed by atoms with Crippen LogP contribution in [0.1, 0.15) is 36.2 Å². The molecule has 0 spiro atoms. The number of aliphatic hydroxyl groups is 1. The first-order chi connectivity index (χ1) is 9.17. The molecule has 1 aromatic heterocycles. The van der Waals surface area contributed by atoms with Crippen molar-refractivity contribution in [2.24, 2.45) is 5.92 Å². The van der Waals surface area contributed by atoms with Gasteiger partial charge in [-0.15, -0.1) is 10.2 Å². The van der Waals surface area contributed by atoms with Crippen molar-refractivity contribution in [3.8, 4) is 0 Å². The average Bonchev–Trinajstić information content (AvgIpc) is 2.98. The minimum absolute atomic E-state index is 0.0176. The van der Waals surface area contributed by atoms with Gasteiger partial charge in [0.1, 0.15) is 10.0 Å². The van der Waals surface area contributed by atoms with Crippen LogP contribution < -0.4 is 5.32 Å². The van der Waals surface area contributed by atoms with Gasteiger partial charge in [-0.05, 0) is 25.2 Å². The molecule has 0 saturated heterocycles. The van der Waals surface area contributed by atoms with Crippen molar-refractivity contribution in [2.45, 2.75) is 39.2 Å². The van der Waals surface area contributed by atoms with Gasteiger partial charge in [-0.1, -0.05) is 23.8 Å². The summed E-state index contributed by atoms with van der Waals surface area (Å²) in [5, 5.41) is 20.9. The van der Waals surface area contributed by atoms with E-state index in [0.717, 1.165) is 17.8 Å². The molecule has 1 unspecified atom stereocenters. The number of aliphatic hydroxyl groups excluding tert-OH is 1. The molecule has 19 heavy (non-hydrogen) atoms. The number of rotatable bonds is 5. The molecule has 6 heteroatoms. The minimum atomic E-state index is -0.0751. The smallest absolute Gasteiger partial charge is 0.243 e. The van der Waals surface area contributed by atoms with Gasteiger partial charge in [0, 0.05) is 19.0 Å². The SMILES string of the molecule is CC1CC/C(=C\C(=O)NCCc2nnc(CO)s2)C1. The highest BCUT2D eigenvalue weighted by atomic mass is 32.1. The van der Waals surface area contributed by atoms with Gasteiger partial charge >= 0.3 is 0 Å². The van der Waals surface area contributed by atoms with Gasteiger partial charge < -0.3 is 10.4 Å². The summed E-state index contributed by atoms with van der Waals surface area (Å²) in [4.78, 5) is 11.7. The zero-order valence-corrected chi connectivity index (χ0v) is 11.9. The van der Waals surface area contributed by atoms with Crippen LogP contribution in [0.3, 0.4) is 0 Å². The molecule has 1 amide bonds. The highest BCUT2D eigenvalue weighted by Gasteiger charge is 2.15. The number of carbonyl (C=O) groups excluding carboxylic acids is 1. The zero-order valence-electron chi connectivity index (χ0n) is 11.1. The van der Waals surface area contributed by atoms with E-state index in [9.17, 15) is 4.79 Å². The van der Waals surface area contributed by atoms with Crippen LogP contribution in [-0.4, -0.2) is 27.8 Å². The minimum Gasteiger partial charge on any atom is -0.389 e. The Bertz CT molecular complexity index is 470. The second-order valence-corrected chi connectivity index (χ2v) is 6.09. The standard InChI is InChI=1S/C13H19N3O2S/c1-9-2-3-10(6-9)7-11(18)14-5-4-12-15-16-13(8-17)19-12/h7,9,17H,2-6,8H2,1H3,(H,14,18)/b10-7+. The van der Waals surface area contributed by atoms with Crippen LogP contribution in [0.2, 0.25) is 0 Å². The van der Waals surface area contributed by atoms with E-state index in [4.69, 9.17) is 5.11 Å². The molecule has 1 atom stereocenters. The lowest BCUT2D eigenvalue weighted by Gasteiger charge is -2.01. The van der Waals surface area contributed by atoms with E-state index in [1.54, 1.807) is 6.08 Å². The second-order valence-electron chi connectivity index (χ2n) is 4.94. The molecule has 0 aromatic carbocycles. The summed E-state index contributed by atoms with van der Waals surface area (Å²) in [6.07, 6.45) is 5.67. The Kier molecular flexibility index (Phi) is 5.04. The largest absolute Gasteiger partial charge is 0.389 e. The second kappa shape index (κ2) is 6.77. The number of hydrogen-bond donors (Lipinski definition) is 2. The predicted molar refractivity (Wildman–Crippen MR) is 73.6 cm³/mol. The molecule has 1 heterocycles. The summed E-state index contributed by atoms with van der Waals surface area (Å²) in [5.41, 5.74) is 1.25. The van der Waals surface area contributed by atoms with E-state index in [-0.39, 0.29) is 12.5 Å². The van der Waals surface area contributed by atoms with Crippen LogP contribution in [0.25, 0.3) is 0 Å². The quantitative estimate of drug-likeness (QED) is 0.801. The maximum Gasteiger partial charge on any atom is 0.243 e. The van der Waals surface area contributed by atoms with Crippen molar-refractivity contribution < 1.29 is 9.90 Å². The molecule has 0 aliphatic heterocycles. The summed E-state index contributed by atoms with van der Waals surface area (Å²) >= 11 is 1.38. The van der Waals surface area contributed by atoms with Crippen LogP contribution in [0, 0.1) is 5.92 Å².